The average Bonchev–Trinajstić information content (AvgIpc) is 3.31. The van der Waals surface area contributed by atoms with E-state index in [4.69, 9.17) is 27.5 Å². The molecular formula is C35H36ClN5O4. The highest BCUT2D eigenvalue weighted by atomic mass is 35.5. The molecule has 0 aliphatic carbocycles. The SMILES string of the molecule is N=C(c1cc(Cl)ccc1NC1CCCCOC1)C(NC(=O)c1cccc(Cc2ccc(Cn3ccccc3=O)cc2)c1)C(N)=O. The van der Waals surface area contributed by atoms with Gasteiger partial charge in [-0.2, -0.15) is 0 Å². The summed E-state index contributed by atoms with van der Waals surface area (Å²) in [6.45, 7) is 1.72. The van der Waals surface area contributed by atoms with Gasteiger partial charge in [0.1, 0.15) is 0 Å². The zero-order valence-electron chi connectivity index (χ0n) is 24.8. The van der Waals surface area contributed by atoms with E-state index < -0.39 is 17.9 Å². The molecule has 5 rings (SSSR count). The number of halogens is 1. The molecule has 10 heteroatoms. The number of anilines is 1. The van der Waals surface area contributed by atoms with E-state index in [2.05, 4.69) is 10.6 Å². The van der Waals surface area contributed by atoms with Gasteiger partial charge in [0, 0.05) is 46.7 Å². The summed E-state index contributed by atoms with van der Waals surface area (Å²) in [5.74, 6) is -1.38. The van der Waals surface area contributed by atoms with E-state index in [1.165, 1.54) is 6.07 Å². The molecular weight excluding hydrogens is 590 g/mol. The minimum Gasteiger partial charge on any atom is -0.379 e. The molecule has 3 aromatic carbocycles. The molecule has 45 heavy (non-hydrogen) atoms. The molecule has 0 spiro atoms. The predicted molar refractivity (Wildman–Crippen MR) is 176 cm³/mol. The van der Waals surface area contributed by atoms with Crippen LogP contribution in [0.15, 0.2) is 95.9 Å². The van der Waals surface area contributed by atoms with Crippen molar-refractivity contribution < 1.29 is 14.3 Å². The third-order valence-corrected chi connectivity index (χ3v) is 8.00. The highest BCUT2D eigenvalue weighted by Crippen LogP contribution is 2.25. The van der Waals surface area contributed by atoms with Crippen molar-refractivity contribution in [1.82, 2.24) is 9.88 Å². The first-order valence-electron chi connectivity index (χ1n) is 14.9. The smallest absolute Gasteiger partial charge is 0.252 e. The molecule has 0 bridgehead atoms. The molecule has 1 fully saturated rings. The largest absolute Gasteiger partial charge is 0.379 e. The minimum atomic E-state index is -1.38. The Kier molecular flexibility index (Phi) is 10.4. The summed E-state index contributed by atoms with van der Waals surface area (Å²) in [6.07, 6.45) is 5.24. The van der Waals surface area contributed by atoms with E-state index in [9.17, 15) is 14.4 Å². The molecule has 1 aliphatic heterocycles. The molecule has 2 amide bonds. The van der Waals surface area contributed by atoms with Gasteiger partial charge in [-0.05, 0) is 78.8 Å². The zero-order chi connectivity index (χ0) is 31.8. The van der Waals surface area contributed by atoms with Crippen molar-refractivity contribution in [1.29, 1.82) is 5.41 Å². The summed E-state index contributed by atoms with van der Waals surface area (Å²) in [5.41, 5.74) is 9.76. The Hall–Kier alpha value is -4.73. The molecule has 1 aromatic heterocycles. The number of hydrogen-bond donors (Lipinski definition) is 4. The number of nitrogens with one attached hydrogen (secondary N) is 3. The number of benzene rings is 3. The molecule has 0 saturated carbocycles. The van der Waals surface area contributed by atoms with Crippen LogP contribution in [0.25, 0.3) is 0 Å². The van der Waals surface area contributed by atoms with Gasteiger partial charge in [-0.3, -0.25) is 14.4 Å². The topological polar surface area (TPSA) is 139 Å². The molecule has 4 aromatic rings. The van der Waals surface area contributed by atoms with Crippen LogP contribution < -0.4 is 21.9 Å². The first-order valence-corrected chi connectivity index (χ1v) is 15.3. The summed E-state index contributed by atoms with van der Waals surface area (Å²) in [7, 11) is 0. The van der Waals surface area contributed by atoms with Crippen molar-refractivity contribution >= 4 is 34.8 Å². The summed E-state index contributed by atoms with van der Waals surface area (Å²) in [5, 5.41) is 15.4. The number of pyridine rings is 1. The maximum Gasteiger partial charge on any atom is 0.252 e. The second-order valence-electron chi connectivity index (χ2n) is 11.2. The lowest BCUT2D eigenvalue weighted by molar-refractivity contribution is -0.118. The van der Waals surface area contributed by atoms with Crippen LogP contribution in [0.1, 0.15) is 51.9 Å². The van der Waals surface area contributed by atoms with Crippen molar-refractivity contribution in [3.63, 3.8) is 0 Å². The van der Waals surface area contributed by atoms with Gasteiger partial charge >= 0.3 is 0 Å². The number of rotatable bonds is 11. The molecule has 9 nitrogen and oxygen atoms in total. The van der Waals surface area contributed by atoms with Crippen molar-refractivity contribution in [2.75, 3.05) is 18.5 Å². The van der Waals surface area contributed by atoms with Crippen LogP contribution in [0.2, 0.25) is 5.02 Å². The van der Waals surface area contributed by atoms with Crippen molar-refractivity contribution in [3.05, 3.63) is 134 Å². The summed E-state index contributed by atoms with van der Waals surface area (Å²) in [4.78, 5) is 37.9. The third-order valence-electron chi connectivity index (χ3n) is 7.76. The fourth-order valence-corrected chi connectivity index (χ4v) is 5.54. The number of ether oxygens (including phenoxy) is 1. The second kappa shape index (κ2) is 14.8. The fraction of sp³-hybridized carbons (Fsp3) is 0.257. The van der Waals surface area contributed by atoms with Gasteiger partial charge in [-0.25, -0.2) is 0 Å². The lowest BCUT2D eigenvalue weighted by Crippen LogP contribution is -2.50. The van der Waals surface area contributed by atoms with E-state index in [0.29, 0.717) is 48.0 Å². The summed E-state index contributed by atoms with van der Waals surface area (Å²) in [6, 6.07) is 23.9. The normalized spacial score (nSPS) is 15.4. The van der Waals surface area contributed by atoms with Crippen LogP contribution in [0, 0.1) is 5.41 Å². The van der Waals surface area contributed by atoms with Crippen molar-refractivity contribution in [3.8, 4) is 0 Å². The monoisotopic (exact) mass is 625 g/mol. The van der Waals surface area contributed by atoms with E-state index in [1.54, 1.807) is 53.2 Å². The number of nitrogens with zero attached hydrogens (tertiary/aromatic N) is 1. The molecule has 232 valence electrons. The first-order chi connectivity index (χ1) is 21.8. The lowest BCUT2D eigenvalue weighted by atomic mass is 9.98. The molecule has 5 N–H and O–H groups in total. The average molecular weight is 626 g/mol. The molecule has 0 radical (unpaired) electrons. The number of primary amides is 1. The van der Waals surface area contributed by atoms with Gasteiger partial charge in [0.25, 0.3) is 11.5 Å². The predicted octanol–water partition coefficient (Wildman–Crippen LogP) is 4.77. The van der Waals surface area contributed by atoms with E-state index >= 15 is 0 Å². The molecule has 2 unspecified atom stereocenters. The second-order valence-corrected chi connectivity index (χ2v) is 11.6. The Morgan fingerprint density at radius 2 is 1.78 bits per heavy atom. The Labute approximate surface area is 266 Å². The third kappa shape index (κ3) is 8.47. The maximum absolute atomic E-state index is 13.4. The lowest BCUT2D eigenvalue weighted by Gasteiger charge is -2.23. The van der Waals surface area contributed by atoms with E-state index in [-0.39, 0.29) is 17.3 Å². The first kappa shape index (κ1) is 31.7. The van der Waals surface area contributed by atoms with Crippen LogP contribution in [0.5, 0.6) is 0 Å². The molecule has 2 heterocycles. The van der Waals surface area contributed by atoms with Crippen molar-refractivity contribution in [2.45, 2.75) is 44.3 Å². The van der Waals surface area contributed by atoms with Gasteiger partial charge in [0.05, 0.1) is 18.9 Å². The van der Waals surface area contributed by atoms with Crippen LogP contribution in [-0.4, -0.2) is 47.4 Å². The summed E-state index contributed by atoms with van der Waals surface area (Å²) < 4.78 is 7.33. The molecule has 1 saturated heterocycles. The highest BCUT2D eigenvalue weighted by molar-refractivity contribution is 6.31. The number of hydrogen-bond acceptors (Lipinski definition) is 6. The van der Waals surface area contributed by atoms with Crippen molar-refractivity contribution in [2.24, 2.45) is 5.73 Å². The van der Waals surface area contributed by atoms with E-state index in [0.717, 1.165) is 36.0 Å². The highest BCUT2D eigenvalue weighted by Gasteiger charge is 2.27. The quantitative estimate of drug-likeness (QED) is 0.178. The maximum atomic E-state index is 13.4. The van der Waals surface area contributed by atoms with Crippen LogP contribution >= 0.6 is 11.6 Å². The Morgan fingerprint density at radius 1 is 0.978 bits per heavy atom. The Balaban J connectivity index is 1.27. The van der Waals surface area contributed by atoms with Gasteiger partial charge in [0.2, 0.25) is 5.91 Å². The van der Waals surface area contributed by atoms with Crippen LogP contribution in [0.3, 0.4) is 0 Å². The fourth-order valence-electron chi connectivity index (χ4n) is 5.37. The molecule has 1 aliphatic rings. The van der Waals surface area contributed by atoms with Gasteiger partial charge in [0.15, 0.2) is 6.04 Å². The zero-order valence-corrected chi connectivity index (χ0v) is 25.6. The Morgan fingerprint density at radius 3 is 2.56 bits per heavy atom. The van der Waals surface area contributed by atoms with E-state index in [1.807, 2.05) is 36.4 Å². The van der Waals surface area contributed by atoms with Gasteiger partial charge in [-0.15, -0.1) is 0 Å². The molecule has 2 atom stereocenters. The van der Waals surface area contributed by atoms with Crippen LogP contribution in [0.4, 0.5) is 5.69 Å². The summed E-state index contributed by atoms with van der Waals surface area (Å²) >= 11 is 6.28. The number of aromatic nitrogens is 1. The van der Waals surface area contributed by atoms with Gasteiger partial charge in [-0.1, -0.05) is 54.1 Å². The number of carbonyl (C=O) groups excluding carboxylic acids is 2. The minimum absolute atomic E-state index is 0.0363. The Bertz CT molecular complexity index is 1730. The van der Waals surface area contributed by atoms with Crippen LogP contribution in [-0.2, 0) is 22.5 Å². The number of amides is 2. The standard InChI is InChI=1S/C35H36ClN5O4/c36-27-14-15-30(39-28-8-2-4-17-45-22-28)29(20-27)32(37)33(34(38)43)40-35(44)26-7-5-6-25(19-26)18-23-10-12-24(13-11-23)21-41-16-3-1-9-31(41)42/h1,3,5-7,9-16,19-20,28,33,37,39H,2,4,8,17-18,21-22H2,(H2,38,43)(H,40,44). The number of carbonyl (C=O) groups is 2. The number of nitrogens with two attached hydrogens (primary N) is 1. The van der Waals surface area contributed by atoms with Gasteiger partial charge < -0.3 is 31.1 Å².